The van der Waals surface area contributed by atoms with E-state index >= 15 is 0 Å². The van der Waals surface area contributed by atoms with Crippen LogP contribution < -0.4 is 0 Å². The number of benzene rings is 1. The van der Waals surface area contributed by atoms with Crippen LogP contribution in [-0.4, -0.2) is 0 Å². The number of hydrogen-bond acceptors (Lipinski definition) is 0. The molecule has 0 radical (unpaired) electrons. The Hall–Kier alpha value is -1.04. The fourth-order valence-electron chi connectivity index (χ4n) is 1.81. The van der Waals surface area contributed by atoms with Gasteiger partial charge in [0.15, 0.2) is 0 Å². The van der Waals surface area contributed by atoms with Crippen LogP contribution in [0.2, 0.25) is 0 Å². The smallest absolute Gasteiger partial charge is 0.0276 e. The molecule has 0 nitrogen and oxygen atoms in total. The first-order valence-electron chi connectivity index (χ1n) is 5.97. The molecule has 1 aromatic rings. The summed E-state index contributed by atoms with van der Waals surface area (Å²) in [6.07, 6.45) is 8.33. The SMILES string of the molecule is C=CCCCC(C)CCc1ccccc1. The van der Waals surface area contributed by atoms with Crippen molar-refractivity contribution in [2.24, 2.45) is 5.92 Å². The molecular weight excluding hydrogens is 180 g/mol. The molecule has 1 atom stereocenters. The van der Waals surface area contributed by atoms with Crippen LogP contribution in [0.5, 0.6) is 0 Å². The average Bonchev–Trinajstić information content (AvgIpc) is 2.28. The van der Waals surface area contributed by atoms with Gasteiger partial charge in [0.1, 0.15) is 0 Å². The van der Waals surface area contributed by atoms with Crippen LogP contribution in [0.3, 0.4) is 0 Å². The molecule has 0 aliphatic rings. The number of hydrogen-bond donors (Lipinski definition) is 0. The summed E-state index contributed by atoms with van der Waals surface area (Å²) in [7, 11) is 0. The number of allylic oxidation sites excluding steroid dienone is 1. The van der Waals surface area contributed by atoms with E-state index in [0.717, 1.165) is 12.3 Å². The van der Waals surface area contributed by atoms with Gasteiger partial charge in [0.05, 0.1) is 0 Å². The quantitative estimate of drug-likeness (QED) is 0.447. The zero-order chi connectivity index (χ0) is 10.9. The second-order valence-corrected chi connectivity index (χ2v) is 4.35. The van der Waals surface area contributed by atoms with E-state index in [-0.39, 0.29) is 0 Å². The van der Waals surface area contributed by atoms with Crippen LogP contribution >= 0.6 is 0 Å². The summed E-state index contributed by atoms with van der Waals surface area (Å²) in [6, 6.07) is 10.8. The minimum Gasteiger partial charge on any atom is -0.103 e. The summed E-state index contributed by atoms with van der Waals surface area (Å²) in [5.41, 5.74) is 1.47. The Kier molecular flexibility index (Phi) is 5.84. The lowest BCUT2D eigenvalue weighted by Crippen LogP contribution is -1.97. The summed E-state index contributed by atoms with van der Waals surface area (Å²) in [6.45, 7) is 6.10. The predicted octanol–water partition coefficient (Wildman–Crippen LogP) is 4.61. The maximum Gasteiger partial charge on any atom is -0.0276 e. The zero-order valence-corrected chi connectivity index (χ0v) is 9.78. The second-order valence-electron chi connectivity index (χ2n) is 4.35. The molecule has 0 N–H and O–H groups in total. The van der Waals surface area contributed by atoms with Gasteiger partial charge in [-0.05, 0) is 37.2 Å². The molecule has 0 spiro atoms. The zero-order valence-electron chi connectivity index (χ0n) is 9.78. The highest BCUT2D eigenvalue weighted by atomic mass is 14.1. The van der Waals surface area contributed by atoms with E-state index < -0.39 is 0 Å². The van der Waals surface area contributed by atoms with Gasteiger partial charge in [-0.15, -0.1) is 6.58 Å². The molecule has 1 rings (SSSR count). The Morgan fingerprint density at radius 3 is 2.60 bits per heavy atom. The van der Waals surface area contributed by atoms with Gasteiger partial charge in [0.25, 0.3) is 0 Å². The van der Waals surface area contributed by atoms with Crippen molar-refractivity contribution < 1.29 is 0 Å². The van der Waals surface area contributed by atoms with Crippen molar-refractivity contribution in [3.63, 3.8) is 0 Å². The van der Waals surface area contributed by atoms with Gasteiger partial charge in [0.2, 0.25) is 0 Å². The van der Waals surface area contributed by atoms with Gasteiger partial charge in [-0.2, -0.15) is 0 Å². The van der Waals surface area contributed by atoms with E-state index in [1.165, 1.54) is 31.2 Å². The molecule has 0 aromatic heterocycles. The van der Waals surface area contributed by atoms with Crippen LogP contribution in [0.1, 0.15) is 38.2 Å². The van der Waals surface area contributed by atoms with Crippen LogP contribution in [0.4, 0.5) is 0 Å². The maximum absolute atomic E-state index is 3.75. The van der Waals surface area contributed by atoms with Crippen LogP contribution in [0.15, 0.2) is 43.0 Å². The molecule has 0 fully saturated rings. The molecule has 1 unspecified atom stereocenters. The first-order valence-corrected chi connectivity index (χ1v) is 5.97. The molecule has 0 heterocycles. The second kappa shape index (κ2) is 7.28. The van der Waals surface area contributed by atoms with E-state index in [2.05, 4.69) is 43.8 Å². The molecule has 0 heteroatoms. The lowest BCUT2D eigenvalue weighted by atomic mass is 9.96. The summed E-state index contributed by atoms with van der Waals surface area (Å²) in [5, 5.41) is 0. The molecule has 1 aromatic carbocycles. The van der Waals surface area contributed by atoms with Crippen LogP contribution in [0, 0.1) is 5.92 Å². The van der Waals surface area contributed by atoms with Crippen molar-refractivity contribution in [1.29, 1.82) is 0 Å². The lowest BCUT2D eigenvalue weighted by molar-refractivity contribution is 0.477. The van der Waals surface area contributed by atoms with Crippen LogP contribution in [0.25, 0.3) is 0 Å². The fourth-order valence-corrected chi connectivity index (χ4v) is 1.81. The minimum absolute atomic E-state index is 0.838. The molecule has 0 aliphatic heterocycles. The minimum atomic E-state index is 0.838. The molecule has 0 aliphatic carbocycles. The Labute approximate surface area is 94.0 Å². The van der Waals surface area contributed by atoms with E-state index in [0.29, 0.717) is 0 Å². The predicted molar refractivity (Wildman–Crippen MR) is 68.0 cm³/mol. The van der Waals surface area contributed by atoms with Crippen molar-refractivity contribution in [2.45, 2.75) is 39.0 Å². The van der Waals surface area contributed by atoms with Crippen LogP contribution in [-0.2, 0) is 6.42 Å². The standard InChI is InChI=1S/C15H22/c1-3-4-6-9-14(2)12-13-15-10-7-5-8-11-15/h3,5,7-8,10-11,14H,1,4,6,9,12-13H2,2H3. The molecule has 0 amide bonds. The van der Waals surface area contributed by atoms with Gasteiger partial charge < -0.3 is 0 Å². The fraction of sp³-hybridized carbons (Fsp3) is 0.467. The molecule has 0 bridgehead atoms. The van der Waals surface area contributed by atoms with E-state index in [1.54, 1.807) is 0 Å². The van der Waals surface area contributed by atoms with Crippen molar-refractivity contribution in [2.75, 3.05) is 0 Å². The average molecular weight is 202 g/mol. The van der Waals surface area contributed by atoms with E-state index in [1.807, 2.05) is 6.08 Å². The number of aryl methyl sites for hydroxylation is 1. The van der Waals surface area contributed by atoms with Crippen molar-refractivity contribution >= 4 is 0 Å². The Morgan fingerprint density at radius 1 is 1.20 bits per heavy atom. The molecule has 82 valence electrons. The lowest BCUT2D eigenvalue weighted by Gasteiger charge is -2.10. The van der Waals surface area contributed by atoms with Crippen molar-refractivity contribution in [3.05, 3.63) is 48.6 Å². The maximum atomic E-state index is 3.75. The third kappa shape index (κ3) is 5.41. The summed E-state index contributed by atoms with van der Waals surface area (Å²) in [5.74, 6) is 0.838. The third-order valence-electron chi connectivity index (χ3n) is 2.87. The van der Waals surface area contributed by atoms with E-state index in [4.69, 9.17) is 0 Å². The van der Waals surface area contributed by atoms with E-state index in [9.17, 15) is 0 Å². The highest BCUT2D eigenvalue weighted by Gasteiger charge is 2.01. The summed E-state index contributed by atoms with van der Waals surface area (Å²) < 4.78 is 0. The molecule has 0 saturated heterocycles. The monoisotopic (exact) mass is 202 g/mol. The largest absolute Gasteiger partial charge is 0.103 e. The van der Waals surface area contributed by atoms with Gasteiger partial charge >= 0.3 is 0 Å². The molecule has 0 saturated carbocycles. The topological polar surface area (TPSA) is 0 Å². The Balaban J connectivity index is 2.16. The first-order chi connectivity index (χ1) is 7.33. The third-order valence-corrected chi connectivity index (χ3v) is 2.87. The summed E-state index contributed by atoms with van der Waals surface area (Å²) in [4.78, 5) is 0. The first kappa shape index (κ1) is 12.0. The normalized spacial score (nSPS) is 12.3. The number of unbranched alkanes of at least 4 members (excludes halogenated alkanes) is 1. The summed E-state index contributed by atoms with van der Waals surface area (Å²) >= 11 is 0. The van der Waals surface area contributed by atoms with Crippen molar-refractivity contribution in [1.82, 2.24) is 0 Å². The Bertz CT molecular complexity index is 261. The van der Waals surface area contributed by atoms with Gasteiger partial charge in [0, 0.05) is 0 Å². The molecule has 15 heavy (non-hydrogen) atoms. The van der Waals surface area contributed by atoms with Gasteiger partial charge in [-0.25, -0.2) is 0 Å². The van der Waals surface area contributed by atoms with Gasteiger partial charge in [-0.1, -0.05) is 49.8 Å². The number of rotatable bonds is 7. The highest BCUT2D eigenvalue weighted by Crippen LogP contribution is 2.15. The van der Waals surface area contributed by atoms with Gasteiger partial charge in [-0.3, -0.25) is 0 Å². The highest BCUT2D eigenvalue weighted by molar-refractivity contribution is 5.14. The van der Waals surface area contributed by atoms with Crippen molar-refractivity contribution in [3.8, 4) is 0 Å². The molecular formula is C15H22. The Morgan fingerprint density at radius 2 is 1.93 bits per heavy atom.